The van der Waals surface area contributed by atoms with Crippen LogP contribution in [0.25, 0.3) is 0 Å². The first-order chi connectivity index (χ1) is 12.4. The van der Waals surface area contributed by atoms with Crippen molar-refractivity contribution in [2.45, 2.75) is 52.0 Å². The second kappa shape index (κ2) is 8.05. The largest absolute Gasteiger partial charge is 0.336 e. The number of piperidine rings is 2. The van der Waals surface area contributed by atoms with Gasteiger partial charge in [-0.3, -0.25) is 9.78 Å². The summed E-state index contributed by atoms with van der Waals surface area (Å²) in [6.45, 7) is 4.30. The first kappa shape index (κ1) is 19.3. The van der Waals surface area contributed by atoms with Gasteiger partial charge in [0.15, 0.2) is 0 Å². The predicted octanol–water partition coefficient (Wildman–Crippen LogP) is 2.42. The van der Waals surface area contributed by atoms with Crippen LogP contribution in [0.4, 0.5) is 0 Å². The number of hydrogen-bond donors (Lipinski definition) is 0. The summed E-state index contributed by atoms with van der Waals surface area (Å²) in [5, 5.41) is 0. The number of hydrogen-bond acceptors (Lipinski definition) is 4. The highest BCUT2D eigenvalue weighted by Gasteiger charge is 2.44. The summed E-state index contributed by atoms with van der Waals surface area (Å²) < 4.78 is 27.0. The lowest BCUT2D eigenvalue weighted by Gasteiger charge is -2.47. The van der Waals surface area contributed by atoms with Crippen LogP contribution in [-0.2, 0) is 21.4 Å². The van der Waals surface area contributed by atoms with Gasteiger partial charge in [0.25, 0.3) is 0 Å². The van der Waals surface area contributed by atoms with E-state index in [0.717, 1.165) is 31.4 Å². The molecule has 2 aliphatic rings. The highest BCUT2D eigenvalue weighted by Crippen LogP contribution is 2.40. The monoisotopic (exact) mass is 379 g/mol. The fourth-order valence-corrected chi connectivity index (χ4v) is 5.91. The quantitative estimate of drug-likeness (QED) is 0.761. The van der Waals surface area contributed by atoms with Crippen LogP contribution >= 0.6 is 0 Å². The van der Waals surface area contributed by atoms with Crippen LogP contribution in [0.5, 0.6) is 0 Å². The molecule has 1 amide bonds. The Hall–Kier alpha value is -1.47. The highest BCUT2D eigenvalue weighted by molar-refractivity contribution is 7.89. The number of carbonyl (C=O) groups is 1. The third-order valence-corrected chi connectivity index (χ3v) is 7.51. The van der Waals surface area contributed by atoms with E-state index >= 15 is 0 Å². The molecule has 6 nitrogen and oxygen atoms in total. The molecule has 0 bridgehead atoms. The third-order valence-electron chi connectivity index (χ3n) is 5.60. The molecule has 26 heavy (non-hydrogen) atoms. The molecule has 3 rings (SSSR count). The van der Waals surface area contributed by atoms with E-state index in [9.17, 15) is 13.2 Å². The topological polar surface area (TPSA) is 70.6 Å². The van der Waals surface area contributed by atoms with E-state index in [2.05, 4.69) is 4.98 Å². The Morgan fingerprint density at radius 2 is 2.08 bits per heavy atom. The Morgan fingerprint density at radius 3 is 2.81 bits per heavy atom. The predicted molar refractivity (Wildman–Crippen MR) is 101 cm³/mol. The lowest BCUT2D eigenvalue weighted by Crippen LogP contribution is -2.55. The fraction of sp³-hybridized carbons (Fsp3) is 0.684. The van der Waals surface area contributed by atoms with Crippen LogP contribution in [-0.4, -0.2) is 53.9 Å². The van der Waals surface area contributed by atoms with E-state index in [1.807, 2.05) is 30.0 Å². The summed E-state index contributed by atoms with van der Waals surface area (Å²) in [6, 6.07) is 5.72. The van der Waals surface area contributed by atoms with Crippen molar-refractivity contribution in [2.24, 2.45) is 5.41 Å². The Morgan fingerprint density at radius 1 is 1.23 bits per heavy atom. The zero-order valence-electron chi connectivity index (χ0n) is 15.6. The van der Waals surface area contributed by atoms with Crippen LogP contribution in [0.2, 0.25) is 0 Å². The van der Waals surface area contributed by atoms with E-state index in [-0.39, 0.29) is 17.1 Å². The van der Waals surface area contributed by atoms with Crippen molar-refractivity contribution < 1.29 is 13.2 Å². The number of unbranched alkanes of at least 4 members (excludes halogenated alkanes) is 1. The van der Waals surface area contributed by atoms with E-state index in [1.165, 1.54) is 0 Å². The summed E-state index contributed by atoms with van der Waals surface area (Å²) in [5.74, 6) is 0.378. The molecule has 0 unspecified atom stereocenters. The molecule has 2 saturated heterocycles. The number of likely N-dealkylation sites (tertiary alicyclic amines) is 1. The molecular formula is C19H29N3O3S. The summed E-state index contributed by atoms with van der Waals surface area (Å²) in [4.78, 5) is 18.6. The van der Waals surface area contributed by atoms with Crippen molar-refractivity contribution in [2.75, 3.05) is 25.4 Å². The minimum Gasteiger partial charge on any atom is -0.336 e. The molecule has 0 radical (unpaired) electrons. The van der Waals surface area contributed by atoms with Gasteiger partial charge in [-0.25, -0.2) is 12.7 Å². The summed E-state index contributed by atoms with van der Waals surface area (Å²) in [6.07, 6.45) is 6.46. The van der Waals surface area contributed by atoms with Gasteiger partial charge in [0, 0.05) is 37.7 Å². The fourth-order valence-electron chi connectivity index (χ4n) is 4.12. The molecule has 1 spiro atoms. The van der Waals surface area contributed by atoms with Gasteiger partial charge in [0.05, 0.1) is 18.0 Å². The molecule has 0 N–H and O–H groups in total. The maximum Gasteiger partial charge on any atom is 0.222 e. The molecule has 2 aliphatic heterocycles. The molecule has 0 saturated carbocycles. The lowest BCUT2D eigenvalue weighted by atomic mass is 9.74. The number of carbonyl (C=O) groups excluding carboxylic acids is 1. The summed E-state index contributed by atoms with van der Waals surface area (Å²) in [5.41, 5.74) is 0.765. The van der Waals surface area contributed by atoms with Crippen LogP contribution in [0, 0.1) is 5.41 Å². The molecule has 0 aromatic carbocycles. The number of pyridine rings is 1. The molecule has 144 valence electrons. The van der Waals surface area contributed by atoms with Gasteiger partial charge in [-0.05, 0) is 37.8 Å². The van der Waals surface area contributed by atoms with Crippen LogP contribution in [0.15, 0.2) is 24.4 Å². The van der Waals surface area contributed by atoms with Crippen molar-refractivity contribution >= 4 is 15.9 Å². The average molecular weight is 380 g/mol. The van der Waals surface area contributed by atoms with Crippen LogP contribution in [0.3, 0.4) is 0 Å². The Balaban J connectivity index is 1.71. The molecule has 1 aromatic heterocycles. The molecule has 0 aliphatic carbocycles. The number of rotatable bonds is 6. The Labute approximate surface area is 156 Å². The standard InChI is InChI=1S/C19H29N3O3S/c1-2-3-13-26(24,25)22-12-6-9-19(16-22)10-8-18(23)21(15-19)14-17-7-4-5-11-20-17/h4-5,7,11H,2-3,6,8-10,12-16H2,1H3/t19-/m1/s1. The first-order valence-corrected chi connectivity index (χ1v) is 11.2. The van der Waals surface area contributed by atoms with Crippen LogP contribution in [0.1, 0.15) is 51.1 Å². The highest BCUT2D eigenvalue weighted by atomic mass is 32.2. The van der Waals surface area contributed by atoms with E-state index in [0.29, 0.717) is 39.0 Å². The van der Waals surface area contributed by atoms with Gasteiger partial charge >= 0.3 is 0 Å². The number of amides is 1. The van der Waals surface area contributed by atoms with Crippen molar-refractivity contribution in [3.05, 3.63) is 30.1 Å². The maximum atomic E-state index is 12.6. The second-order valence-corrected chi connectivity index (χ2v) is 9.77. The van der Waals surface area contributed by atoms with Gasteiger partial charge in [0.2, 0.25) is 15.9 Å². The number of nitrogens with zero attached hydrogens (tertiary/aromatic N) is 3. The molecule has 3 heterocycles. The Bertz CT molecular complexity index is 723. The van der Waals surface area contributed by atoms with Gasteiger partial charge in [0.1, 0.15) is 0 Å². The third kappa shape index (κ3) is 4.43. The van der Waals surface area contributed by atoms with E-state index < -0.39 is 10.0 Å². The summed E-state index contributed by atoms with van der Waals surface area (Å²) >= 11 is 0. The van der Waals surface area contributed by atoms with Crippen molar-refractivity contribution in [1.29, 1.82) is 0 Å². The molecule has 1 aromatic rings. The maximum absolute atomic E-state index is 12.6. The zero-order valence-corrected chi connectivity index (χ0v) is 16.4. The number of sulfonamides is 1. The lowest BCUT2D eigenvalue weighted by molar-refractivity contribution is -0.139. The number of aromatic nitrogens is 1. The molecular weight excluding hydrogens is 350 g/mol. The molecule has 1 atom stereocenters. The second-order valence-electron chi connectivity index (χ2n) is 7.68. The van der Waals surface area contributed by atoms with Gasteiger partial charge in [-0.15, -0.1) is 0 Å². The van der Waals surface area contributed by atoms with Gasteiger partial charge in [-0.1, -0.05) is 19.4 Å². The minimum absolute atomic E-state index is 0.111. The zero-order chi connectivity index (χ0) is 18.6. The minimum atomic E-state index is -3.19. The smallest absolute Gasteiger partial charge is 0.222 e. The average Bonchev–Trinajstić information content (AvgIpc) is 2.64. The molecule has 2 fully saturated rings. The van der Waals surface area contributed by atoms with Gasteiger partial charge in [-0.2, -0.15) is 0 Å². The normalized spacial score (nSPS) is 25.0. The SMILES string of the molecule is CCCCS(=O)(=O)N1CCC[C@]2(CCC(=O)N(Cc3ccccn3)C2)C1. The van der Waals surface area contributed by atoms with E-state index in [4.69, 9.17) is 0 Å². The first-order valence-electron chi connectivity index (χ1n) is 9.60. The van der Waals surface area contributed by atoms with Crippen LogP contribution < -0.4 is 0 Å². The molecule has 7 heteroatoms. The van der Waals surface area contributed by atoms with E-state index in [1.54, 1.807) is 10.5 Å². The summed E-state index contributed by atoms with van der Waals surface area (Å²) in [7, 11) is -3.19. The van der Waals surface area contributed by atoms with Crippen molar-refractivity contribution in [1.82, 2.24) is 14.2 Å². The Kier molecular flexibility index (Phi) is 5.97. The van der Waals surface area contributed by atoms with Crippen molar-refractivity contribution in [3.8, 4) is 0 Å². The van der Waals surface area contributed by atoms with Gasteiger partial charge < -0.3 is 4.90 Å². The van der Waals surface area contributed by atoms with Crippen molar-refractivity contribution in [3.63, 3.8) is 0 Å².